The van der Waals surface area contributed by atoms with Crippen molar-refractivity contribution < 1.29 is 23.7 Å². The normalized spacial score (nSPS) is 13.9. The highest BCUT2D eigenvalue weighted by Gasteiger charge is 2.19. The van der Waals surface area contributed by atoms with Gasteiger partial charge in [0.1, 0.15) is 5.75 Å². The molecule has 2 aromatic carbocycles. The van der Waals surface area contributed by atoms with Gasteiger partial charge in [0.2, 0.25) is 12.2 Å². The first-order valence-corrected chi connectivity index (χ1v) is 13.6. The van der Waals surface area contributed by atoms with Gasteiger partial charge in [0.25, 0.3) is 0 Å². The van der Waals surface area contributed by atoms with E-state index in [4.69, 9.17) is 24.2 Å². The average Bonchev–Trinajstić information content (AvgIpc) is 2.92. The molecule has 1 amide bonds. The molecule has 0 atom stereocenters. The Balaban J connectivity index is 0.000000268. The quantitative estimate of drug-likeness (QED) is 0.219. The molecule has 1 N–H and O–H groups in total. The van der Waals surface area contributed by atoms with Crippen LogP contribution in [0, 0.1) is 16.7 Å². The molecule has 38 heavy (non-hydrogen) atoms. The molecule has 208 valence electrons. The minimum Gasteiger partial charge on any atom is -0.493 e. The van der Waals surface area contributed by atoms with Crippen LogP contribution in [0.5, 0.6) is 23.0 Å². The molecule has 0 spiro atoms. The summed E-state index contributed by atoms with van der Waals surface area (Å²) in [6.07, 6.45) is 4.90. The zero-order chi connectivity index (χ0) is 28.0. The van der Waals surface area contributed by atoms with Gasteiger partial charge in [-0.15, -0.1) is 0 Å². The van der Waals surface area contributed by atoms with E-state index in [0.29, 0.717) is 40.9 Å². The molecule has 9 heteroatoms. The molecule has 1 fully saturated rings. The minimum absolute atomic E-state index is 0.320. The number of nitriles is 1. The molecule has 1 aliphatic rings. The second kappa shape index (κ2) is 16.0. The van der Waals surface area contributed by atoms with Crippen molar-refractivity contribution >= 4 is 18.4 Å². The van der Waals surface area contributed by atoms with Crippen LogP contribution in [0.2, 0.25) is 0 Å². The number of amides is 1. The Morgan fingerprint density at radius 2 is 1.66 bits per heavy atom. The zero-order valence-corrected chi connectivity index (χ0v) is 24.2. The number of hydrogen-bond acceptors (Lipinski definition) is 8. The fourth-order valence-corrected chi connectivity index (χ4v) is 4.83. The third kappa shape index (κ3) is 10.7. The largest absolute Gasteiger partial charge is 0.493 e. The number of benzene rings is 2. The Morgan fingerprint density at radius 1 is 1.05 bits per heavy atom. The van der Waals surface area contributed by atoms with E-state index < -0.39 is 0 Å². The summed E-state index contributed by atoms with van der Waals surface area (Å²) >= 11 is 1.71. The minimum atomic E-state index is 0.320. The summed E-state index contributed by atoms with van der Waals surface area (Å²) in [6.45, 7) is 9.30. The summed E-state index contributed by atoms with van der Waals surface area (Å²) < 4.78 is 23.9. The molecule has 3 rings (SSSR count). The van der Waals surface area contributed by atoms with Gasteiger partial charge in [0, 0.05) is 36.2 Å². The highest BCUT2D eigenvalue weighted by Crippen LogP contribution is 2.40. The number of nitrogens with one attached hydrogen (secondary N) is 1. The molecule has 0 aliphatic carbocycles. The lowest BCUT2D eigenvalue weighted by Gasteiger charge is -2.30. The van der Waals surface area contributed by atoms with Crippen LogP contribution >= 0.6 is 11.9 Å². The van der Waals surface area contributed by atoms with E-state index in [0.717, 1.165) is 55.8 Å². The van der Waals surface area contributed by atoms with Gasteiger partial charge < -0.3 is 24.3 Å². The van der Waals surface area contributed by atoms with Crippen molar-refractivity contribution in [2.45, 2.75) is 57.4 Å². The lowest BCUT2D eigenvalue weighted by Crippen LogP contribution is -2.39. The van der Waals surface area contributed by atoms with Crippen LogP contribution in [0.1, 0.15) is 52.0 Å². The van der Waals surface area contributed by atoms with Crippen molar-refractivity contribution in [2.75, 3.05) is 41.0 Å². The monoisotopic (exact) mass is 543 g/mol. The maximum Gasteiger partial charge on any atom is 0.207 e. The maximum atomic E-state index is 10.3. The summed E-state index contributed by atoms with van der Waals surface area (Å²) in [6, 6.07) is 13.7. The van der Waals surface area contributed by atoms with Gasteiger partial charge in [0.15, 0.2) is 11.5 Å². The van der Waals surface area contributed by atoms with E-state index in [9.17, 15) is 4.79 Å². The lowest BCUT2D eigenvalue weighted by atomic mass is 9.91. The van der Waals surface area contributed by atoms with Crippen molar-refractivity contribution in [3.63, 3.8) is 0 Å². The first-order chi connectivity index (χ1) is 18.2. The molecule has 0 radical (unpaired) electrons. The van der Waals surface area contributed by atoms with Crippen LogP contribution in [-0.2, 0) is 4.79 Å². The molecule has 0 aromatic heterocycles. The van der Waals surface area contributed by atoms with Gasteiger partial charge in [-0.05, 0) is 67.3 Å². The maximum absolute atomic E-state index is 10.3. The second-order valence-corrected chi connectivity index (χ2v) is 11.3. The predicted molar refractivity (Wildman–Crippen MR) is 151 cm³/mol. The lowest BCUT2D eigenvalue weighted by molar-refractivity contribution is -0.110. The molecule has 1 aliphatic heterocycles. The van der Waals surface area contributed by atoms with Crippen LogP contribution in [0.4, 0.5) is 0 Å². The molecule has 1 heterocycles. The summed E-state index contributed by atoms with van der Waals surface area (Å²) in [5.41, 5.74) is 1.02. The third-order valence-electron chi connectivity index (χ3n) is 5.95. The SMILES string of the molecule is COc1cc(OCCCC(C)(C)C)cc(OC)c1OC.N#Cc1ccc(SN2CCC(NC=O)CC2)cc1. The fraction of sp³-hybridized carbons (Fsp3) is 0.517. The van der Waals surface area contributed by atoms with E-state index in [1.807, 2.05) is 36.4 Å². The van der Waals surface area contributed by atoms with Gasteiger partial charge in [-0.25, -0.2) is 4.31 Å². The fourth-order valence-electron chi connectivity index (χ4n) is 3.88. The Kier molecular flexibility index (Phi) is 13.1. The Hall–Kier alpha value is -3.09. The Bertz CT molecular complexity index is 1000. The van der Waals surface area contributed by atoms with Crippen LogP contribution in [0.15, 0.2) is 41.3 Å². The number of carbonyl (C=O) groups excluding carboxylic acids is 1. The smallest absolute Gasteiger partial charge is 0.207 e. The van der Waals surface area contributed by atoms with Crippen molar-refractivity contribution in [1.29, 1.82) is 5.26 Å². The number of carbonyl (C=O) groups is 1. The van der Waals surface area contributed by atoms with E-state index in [1.165, 1.54) is 0 Å². The molecule has 0 bridgehead atoms. The predicted octanol–water partition coefficient (Wildman–Crippen LogP) is 5.69. The van der Waals surface area contributed by atoms with E-state index in [-0.39, 0.29) is 0 Å². The Morgan fingerprint density at radius 3 is 2.13 bits per heavy atom. The van der Waals surface area contributed by atoms with Crippen molar-refractivity contribution in [2.24, 2.45) is 5.41 Å². The summed E-state index contributed by atoms with van der Waals surface area (Å²) in [7, 11) is 4.78. The highest BCUT2D eigenvalue weighted by atomic mass is 32.2. The van der Waals surface area contributed by atoms with E-state index in [1.54, 1.807) is 33.3 Å². The van der Waals surface area contributed by atoms with Crippen LogP contribution in [0.25, 0.3) is 0 Å². The first kappa shape index (κ1) is 31.1. The average molecular weight is 544 g/mol. The molecule has 2 aromatic rings. The topological polar surface area (TPSA) is 93.1 Å². The van der Waals surface area contributed by atoms with E-state index >= 15 is 0 Å². The number of ether oxygens (including phenoxy) is 4. The summed E-state index contributed by atoms with van der Waals surface area (Å²) in [5.74, 6) is 2.53. The van der Waals surface area contributed by atoms with Gasteiger partial charge >= 0.3 is 0 Å². The van der Waals surface area contributed by atoms with Crippen molar-refractivity contribution in [1.82, 2.24) is 9.62 Å². The van der Waals surface area contributed by atoms with Crippen molar-refractivity contribution in [3.05, 3.63) is 42.0 Å². The molecule has 1 saturated heterocycles. The van der Waals surface area contributed by atoms with Crippen molar-refractivity contribution in [3.8, 4) is 29.1 Å². The molecular weight excluding hydrogens is 502 g/mol. The van der Waals surface area contributed by atoms with Crippen LogP contribution in [-0.4, -0.2) is 57.8 Å². The summed E-state index contributed by atoms with van der Waals surface area (Å²) in [4.78, 5) is 11.5. The van der Waals surface area contributed by atoms with Gasteiger partial charge in [-0.1, -0.05) is 20.8 Å². The molecule has 8 nitrogen and oxygen atoms in total. The molecule has 0 unspecified atom stereocenters. The van der Waals surface area contributed by atoms with Gasteiger partial charge in [-0.2, -0.15) is 5.26 Å². The second-order valence-electron chi connectivity index (χ2n) is 10.1. The Labute approximate surface area is 231 Å². The number of hydrogen-bond donors (Lipinski definition) is 1. The standard InChI is InChI=1S/C16H26O4.C13H15N3OS/c1-16(2,3)8-7-9-20-12-10-13(17-4)15(19-6)14(11-12)18-5;14-9-11-1-3-13(4-2-11)18-16-7-5-12(6-8-16)15-10-17/h10-11H,7-9H2,1-6H3;1-4,10,12H,5-8H2,(H,15,17). The van der Waals surface area contributed by atoms with Crippen LogP contribution in [0.3, 0.4) is 0 Å². The molecule has 0 saturated carbocycles. The van der Waals surface area contributed by atoms with Gasteiger partial charge in [-0.3, -0.25) is 4.79 Å². The number of nitrogens with zero attached hydrogens (tertiary/aromatic N) is 2. The number of rotatable bonds is 11. The summed E-state index contributed by atoms with van der Waals surface area (Å²) in [5, 5.41) is 11.6. The van der Waals surface area contributed by atoms with E-state index in [2.05, 4.69) is 36.5 Å². The first-order valence-electron chi connectivity index (χ1n) is 12.8. The highest BCUT2D eigenvalue weighted by molar-refractivity contribution is 7.97. The van der Waals surface area contributed by atoms with Crippen LogP contribution < -0.4 is 24.3 Å². The number of piperidine rings is 1. The third-order valence-corrected chi connectivity index (χ3v) is 7.06. The van der Waals surface area contributed by atoms with Gasteiger partial charge in [0.05, 0.1) is 39.6 Å². The molecular formula is C29H41N3O5S. The zero-order valence-electron chi connectivity index (χ0n) is 23.4. The number of methoxy groups -OCH3 is 3.